The van der Waals surface area contributed by atoms with Crippen molar-refractivity contribution in [3.05, 3.63) is 45.1 Å². The Morgan fingerprint density at radius 1 is 1.33 bits per heavy atom. The van der Waals surface area contributed by atoms with E-state index in [4.69, 9.17) is 11.6 Å². The molecule has 3 aromatic rings. The fraction of sp³-hybridized carbons (Fsp3) is 0.333. The number of rotatable bonds is 9. The number of carbonyl (C=O) groups excluding carboxylic acids is 1. The van der Waals surface area contributed by atoms with Crippen LogP contribution in [0.5, 0.6) is 0 Å². The summed E-state index contributed by atoms with van der Waals surface area (Å²) in [6, 6.07) is 3.87. The molecular weight excluding hydrogens is 430 g/mol. The number of carbonyl (C=O) groups is 1. The van der Waals surface area contributed by atoms with E-state index in [1.807, 2.05) is 6.26 Å². The average Bonchev–Trinajstić information content (AvgIpc) is 3.14. The Morgan fingerprint density at radius 2 is 2.13 bits per heavy atom. The van der Waals surface area contributed by atoms with Crippen LogP contribution in [0.4, 0.5) is 11.5 Å². The highest BCUT2D eigenvalue weighted by molar-refractivity contribution is 7.98. The van der Waals surface area contributed by atoms with Crippen LogP contribution in [0.3, 0.4) is 0 Å². The second-order valence-corrected chi connectivity index (χ2v) is 7.47. The number of nitrogens with zero attached hydrogens (tertiary/aromatic N) is 5. The van der Waals surface area contributed by atoms with Gasteiger partial charge in [-0.25, -0.2) is 14.6 Å². The van der Waals surface area contributed by atoms with E-state index in [-0.39, 0.29) is 22.8 Å². The molecule has 0 atom stereocenters. The molecule has 0 unspecified atom stereocenters. The number of halogens is 1. The van der Waals surface area contributed by atoms with Crippen molar-refractivity contribution in [1.29, 1.82) is 0 Å². The number of nitro benzene ring substituents is 1. The quantitative estimate of drug-likeness (QED) is 0.220. The molecular formula is C18H20ClN7O3S. The molecule has 0 spiro atoms. The van der Waals surface area contributed by atoms with Crippen molar-refractivity contribution in [3.8, 4) is 0 Å². The molecule has 1 aromatic carbocycles. The summed E-state index contributed by atoms with van der Waals surface area (Å²) in [5, 5.41) is 23.1. The Kier molecular flexibility index (Phi) is 7.06. The van der Waals surface area contributed by atoms with Crippen LogP contribution in [-0.2, 0) is 6.54 Å². The van der Waals surface area contributed by atoms with Crippen LogP contribution < -0.4 is 10.6 Å². The van der Waals surface area contributed by atoms with Gasteiger partial charge >= 0.3 is 0 Å². The van der Waals surface area contributed by atoms with Gasteiger partial charge in [0.2, 0.25) is 0 Å². The third kappa shape index (κ3) is 4.79. The monoisotopic (exact) mass is 449 g/mol. The second-order valence-electron chi connectivity index (χ2n) is 6.27. The minimum absolute atomic E-state index is 0.0872. The van der Waals surface area contributed by atoms with Crippen LogP contribution in [0.2, 0.25) is 5.02 Å². The lowest BCUT2D eigenvalue weighted by Gasteiger charge is -2.09. The lowest BCUT2D eigenvalue weighted by Crippen LogP contribution is -2.28. The van der Waals surface area contributed by atoms with Crippen LogP contribution in [0, 0.1) is 10.1 Å². The molecule has 0 radical (unpaired) electrons. The van der Waals surface area contributed by atoms with Gasteiger partial charge in [-0.3, -0.25) is 14.9 Å². The highest BCUT2D eigenvalue weighted by Crippen LogP contribution is 2.24. The Labute approximate surface area is 181 Å². The lowest BCUT2D eigenvalue weighted by molar-refractivity contribution is -0.385. The molecule has 2 N–H and O–H groups in total. The molecule has 12 heteroatoms. The predicted octanol–water partition coefficient (Wildman–Crippen LogP) is 3.36. The van der Waals surface area contributed by atoms with E-state index in [9.17, 15) is 14.9 Å². The molecule has 30 heavy (non-hydrogen) atoms. The lowest BCUT2D eigenvalue weighted by atomic mass is 10.1. The minimum atomic E-state index is -0.613. The molecule has 1 amide bonds. The van der Waals surface area contributed by atoms with Gasteiger partial charge in [0, 0.05) is 24.2 Å². The van der Waals surface area contributed by atoms with Gasteiger partial charge in [-0.15, -0.1) is 0 Å². The summed E-state index contributed by atoms with van der Waals surface area (Å²) in [5.41, 5.74) is 0.261. The molecule has 0 fully saturated rings. The van der Waals surface area contributed by atoms with Gasteiger partial charge in [-0.1, -0.05) is 30.3 Å². The normalized spacial score (nSPS) is 10.9. The van der Waals surface area contributed by atoms with Crippen molar-refractivity contribution in [2.75, 3.05) is 24.7 Å². The van der Waals surface area contributed by atoms with Crippen LogP contribution >= 0.6 is 23.4 Å². The molecule has 0 saturated heterocycles. The fourth-order valence-electron chi connectivity index (χ4n) is 2.79. The average molecular weight is 450 g/mol. The maximum atomic E-state index is 12.4. The molecule has 0 bridgehead atoms. The van der Waals surface area contributed by atoms with E-state index >= 15 is 0 Å². The van der Waals surface area contributed by atoms with Crippen molar-refractivity contribution in [2.24, 2.45) is 0 Å². The number of fused-ring (bicyclic) bond motifs is 1. The number of hydrogen-bond donors (Lipinski definition) is 2. The van der Waals surface area contributed by atoms with E-state index in [0.29, 0.717) is 17.3 Å². The van der Waals surface area contributed by atoms with Crippen molar-refractivity contribution < 1.29 is 9.72 Å². The van der Waals surface area contributed by atoms with Gasteiger partial charge in [0.05, 0.1) is 23.1 Å². The van der Waals surface area contributed by atoms with Crippen LogP contribution in [0.1, 0.15) is 23.7 Å². The Bertz CT molecular complexity index is 1090. The van der Waals surface area contributed by atoms with Crippen LogP contribution in [0.25, 0.3) is 11.0 Å². The summed E-state index contributed by atoms with van der Waals surface area (Å²) < 4.78 is 1.67. The Balaban J connectivity index is 1.76. The number of nitrogens with one attached hydrogen (secondary N) is 2. The standard InChI is InChI=1S/C18H20ClN7O3S/c1-3-6-20-15-13-10-22-25(16(13)24-18(23-15)30-2)8-7-21-17(27)12-9-11(19)4-5-14(12)26(28)29/h4-5,9-10H,3,6-8H2,1-2H3,(H,21,27)(H,20,23,24). The first-order valence-electron chi connectivity index (χ1n) is 9.18. The van der Waals surface area contributed by atoms with Crippen LogP contribution in [-0.4, -0.2) is 49.9 Å². The highest BCUT2D eigenvalue weighted by atomic mass is 35.5. The zero-order valence-corrected chi connectivity index (χ0v) is 18.0. The summed E-state index contributed by atoms with van der Waals surface area (Å²) in [6.07, 6.45) is 4.53. The molecule has 2 heterocycles. The number of anilines is 1. The summed E-state index contributed by atoms with van der Waals surface area (Å²) in [4.78, 5) is 32.0. The number of aromatic nitrogens is 4. The summed E-state index contributed by atoms with van der Waals surface area (Å²) in [5.74, 6) is 0.140. The zero-order chi connectivity index (χ0) is 21.7. The van der Waals surface area contributed by atoms with Gasteiger partial charge < -0.3 is 10.6 Å². The van der Waals surface area contributed by atoms with Gasteiger partial charge in [0.25, 0.3) is 11.6 Å². The van der Waals surface area contributed by atoms with E-state index < -0.39 is 10.8 Å². The van der Waals surface area contributed by atoms with E-state index in [2.05, 4.69) is 32.6 Å². The summed E-state index contributed by atoms with van der Waals surface area (Å²) in [7, 11) is 0. The SMILES string of the molecule is CCCNc1nc(SC)nc2c1cnn2CCNC(=O)c1cc(Cl)ccc1[N+](=O)[O-]. The Morgan fingerprint density at radius 3 is 2.83 bits per heavy atom. The van der Waals surface area contributed by atoms with Gasteiger partial charge in [0.1, 0.15) is 11.4 Å². The minimum Gasteiger partial charge on any atom is -0.369 e. The molecule has 158 valence electrons. The third-order valence-electron chi connectivity index (χ3n) is 4.21. The number of nitro groups is 1. The molecule has 0 aliphatic rings. The van der Waals surface area contributed by atoms with Gasteiger partial charge in [-0.05, 0) is 24.8 Å². The fourth-order valence-corrected chi connectivity index (χ4v) is 3.32. The van der Waals surface area contributed by atoms with Crippen molar-refractivity contribution in [2.45, 2.75) is 25.0 Å². The molecule has 2 aromatic heterocycles. The number of thioether (sulfide) groups is 1. The molecule has 0 saturated carbocycles. The zero-order valence-electron chi connectivity index (χ0n) is 16.4. The first-order valence-corrected chi connectivity index (χ1v) is 10.8. The molecule has 3 rings (SSSR count). The van der Waals surface area contributed by atoms with E-state index in [1.54, 1.807) is 10.9 Å². The van der Waals surface area contributed by atoms with E-state index in [0.717, 1.165) is 24.2 Å². The maximum Gasteiger partial charge on any atom is 0.282 e. The first kappa shape index (κ1) is 21.8. The van der Waals surface area contributed by atoms with Crippen LogP contribution in [0.15, 0.2) is 29.6 Å². The summed E-state index contributed by atoms with van der Waals surface area (Å²) in [6.45, 7) is 3.38. The number of amides is 1. The second kappa shape index (κ2) is 9.72. The van der Waals surface area contributed by atoms with Crippen molar-refractivity contribution in [3.63, 3.8) is 0 Å². The summed E-state index contributed by atoms with van der Waals surface area (Å²) >= 11 is 7.31. The largest absolute Gasteiger partial charge is 0.369 e. The topological polar surface area (TPSA) is 128 Å². The Hall–Kier alpha value is -2.92. The maximum absolute atomic E-state index is 12.4. The number of hydrogen-bond acceptors (Lipinski definition) is 8. The first-order chi connectivity index (χ1) is 14.4. The molecule has 10 nitrogen and oxygen atoms in total. The smallest absolute Gasteiger partial charge is 0.282 e. The van der Waals surface area contributed by atoms with E-state index in [1.165, 1.54) is 30.0 Å². The predicted molar refractivity (Wildman–Crippen MR) is 116 cm³/mol. The molecule has 0 aliphatic heterocycles. The van der Waals surface area contributed by atoms with Gasteiger partial charge in [0.15, 0.2) is 10.8 Å². The van der Waals surface area contributed by atoms with Crippen molar-refractivity contribution >= 4 is 51.8 Å². The van der Waals surface area contributed by atoms with Gasteiger partial charge in [-0.2, -0.15) is 5.10 Å². The third-order valence-corrected chi connectivity index (χ3v) is 4.99. The highest BCUT2D eigenvalue weighted by Gasteiger charge is 2.20. The molecule has 0 aliphatic carbocycles. The number of benzene rings is 1. The van der Waals surface area contributed by atoms with Crippen molar-refractivity contribution in [1.82, 2.24) is 25.1 Å².